The van der Waals surface area contributed by atoms with Crippen molar-refractivity contribution in [3.05, 3.63) is 30.1 Å². The van der Waals surface area contributed by atoms with Gasteiger partial charge < -0.3 is 10.6 Å². The van der Waals surface area contributed by atoms with Crippen LogP contribution in [0.4, 0.5) is 0 Å². The maximum atomic E-state index is 5.94. The third kappa shape index (κ3) is 3.13. The van der Waals surface area contributed by atoms with Crippen LogP contribution in [0.5, 0.6) is 0 Å². The van der Waals surface area contributed by atoms with Crippen LogP contribution in [0, 0.1) is 0 Å². The zero-order valence-corrected chi connectivity index (χ0v) is 9.99. The normalized spacial score (nSPS) is 17.5. The number of rotatable bonds is 2. The monoisotopic (exact) mass is 236 g/mol. The fraction of sp³-hybridized carbons (Fsp3) is 0.455. The van der Waals surface area contributed by atoms with Gasteiger partial charge in [0.2, 0.25) is 0 Å². The Morgan fingerprint density at radius 1 is 1.50 bits per heavy atom. The second-order valence-corrected chi connectivity index (χ2v) is 4.86. The fourth-order valence-electron chi connectivity index (χ4n) is 1.56. The summed E-state index contributed by atoms with van der Waals surface area (Å²) in [5, 5.41) is 0. The van der Waals surface area contributed by atoms with Crippen molar-refractivity contribution in [1.82, 2.24) is 9.88 Å². The summed E-state index contributed by atoms with van der Waals surface area (Å²) >= 11 is 1.97. The quantitative estimate of drug-likeness (QED) is 0.613. The summed E-state index contributed by atoms with van der Waals surface area (Å²) in [5.74, 6) is 2.94. The first-order valence-electron chi connectivity index (χ1n) is 5.38. The summed E-state index contributed by atoms with van der Waals surface area (Å²) in [4.78, 5) is 10.6. The minimum Gasteiger partial charge on any atom is -0.370 e. The lowest BCUT2D eigenvalue weighted by Gasteiger charge is -2.27. The highest BCUT2D eigenvalue weighted by atomic mass is 32.2. The number of guanidine groups is 1. The predicted octanol–water partition coefficient (Wildman–Crippen LogP) is 0.945. The number of hydrogen-bond acceptors (Lipinski definition) is 3. The van der Waals surface area contributed by atoms with Crippen LogP contribution in [0.1, 0.15) is 5.56 Å². The average Bonchev–Trinajstić information content (AvgIpc) is 2.38. The highest BCUT2D eigenvalue weighted by Crippen LogP contribution is 2.08. The van der Waals surface area contributed by atoms with Gasteiger partial charge in [0, 0.05) is 37.0 Å². The molecule has 0 radical (unpaired) electrons. The Labute approximate surface area is 100.0 Å². The Kier molecular flexibility index (Phi) is 4.04. The van der Waals surface area contributed by atoms with E-state index in [0.717, 1.165) is 30.2 Å². The fourth-order valence-corrected chi connectivity index (χ4v) is 2.46. The number of hydrogen-bond donors (Lipinski definition) is 1. The molecular formula is C11H16N4S. The first-order chi connectivity index (χ1) is 7.86. The third-order valence-corrected chi connectivity index (χ3v) is 3.42. The number of aliphatic imine (C=N–C) groups is 1. The van der Waals surface area contributed by atoms with Crippen LogP contribution < -0.4 is 5.73 Å². The molecule has 0 bridgehead atoms. The lowest BCUT2D eigenvalue weighted by molar-refractivity contribution is 0.455. The summed E-state index contributed by atoms with van der Waals surface area (Å²) in [7, 11) is 0. The molecule has 0 aromatic carbocycles. The molecular weight excluding hydrogens is 220 g/mol. The number of pyridine rings is 1. The molecule has 1 aromatic rings. The van der Waals surface area contributed by atoms with Crippen LogP contribution in [-0.4, -0.2) is 40.4 Å². The maximum Gasteiger partial charge on any atom is 0.191 e. The van der Waals surface area contributed by atoms with Crippen LogP contribution in [-0.2, 0) is 6.54 Å². The van der Waals surface area contributed by atoms with Crippen molar-refractivity contribution in [2.24, 2.45) is 10.7 Å². The molecule has 1 aliphatic heterocycles. The number of aromatic nitrogens is 1. The van der Waals surface area contributed by atoms with E-state index in [2.05, 4.69) is 14.9 Å². The molecule has 0 amide bonds. The van der Waals surface area contributed by atoms with Gasteiger partial charge in [-0.25, -0.2) is 4.99 Å². The van der Waals surface area contributed by atoms with Crippen LogP contribution in [0.25, 0.3) is 0 Å². The summed E-state index contributed by atoms with van der Waals surface area (Å²) in [5.41, 5.74) is 7.04. The maximum absolute atomic E-state index is 5.94. The Bertz CT molecular complexity index is 346. The van der Waals surface area contributed by atoms with E-state index in [1.807, 2.05) is 30.1 Å². The molecule has 0 saturated carbocycles. The van der Waals surface area contributed by atoms with Crippen LogP contribution in [0.15, 0.2) is 29.5 Å². The summed E-state index contributed by atoms with van der Waals surface area (Å²) in [6.07, 6.45) is 3.58. The minimum atomic E-state index is 0.614. The van der Waals surface area contributed by atoms with Crippen molar-refractivity contribution < 1.29 is 0 Å². The van der Waals surface area contributed by atoms with Gasteiger partial charge in [-0.05, 0) is 11.6 Å². The molecule has 1 aromatic heterocycles. The molecule has 0 atom stereocenters. The van der Waals surface area contributed by atoms with E-state index in [4.69, 9.17) is 5.73 Å². The minimum absolute atomic E-state index is 0.614. The molecule has 2 rings (SSSR count). The molecule has 1 aliphatic rings. The van der Waals surface area contributed by atoms with E-state index in [1.54, 1.807) is 6.20 Å². The summed E-state index contributed by atoms with van der Waals surface area (Å²) < 4.78 is 0. The van der Waals surface area contributed by atoms with E-state index in [-0.39, 0.29) is 0 Å². The van der Waals surface area contributed by atoms with Crippen molar-refractivity contribution in [1.29, 1.82) is 0 Å². The number of nitrogens with zero attached hydrogens (tertiary/aromatic N) is 3. The Morgan fingerprint density at radius 3 is 3.00 bits per heavy atom. The van der Waals surface area contributed by atoms with E-state index < -0.39 is 0 Å². The molecule has 2 heterocycles. The highest BCUT2D eigenvalue weighted by Gasteiger charge is 2.11. The molecule has 5 heteroatoms. The molecule has 0 spiro atoms. The van der Waals surface area contributed by atoms with E-state index in [1.165, 1.54) is 0 Å². The average molecular weight is 236 g/mol. The topological polar surface area (TPSA) is 54.5 Å². The Hall–Kier alpha value is -1.23. The van der Waals surface area contributed by atoms with Gasteiger partial charge in [-0.3, -0.25) is 4.98 Å². The van der Waals surface area contributed by atoms with Gasteiger partial charge in [-0.1, -0.05) is 6.07 Å². The van der Waals surface area contributed by atoms with Gasteiger partial charge >= 0.3 is 0 Å². The van der Waals surface area contributed by atoms with Crippen molar-refractivity contribution >= 4 is 17.7 Å². The second kappa shape index (κ2) is 5.75. The van der Waals surface area contributed by atoms with Crippen molar-refractivity contribution in [3.63, 3.8) is 0 Å². The van der Waals surface area contributed by atoms with Gasteiger partial charge in [0.1, 0.15) is 0 Å². The first-order valence-corrected chi connectivity index (χ1v) is 6.53. The molecule has 0 aliphatic carbocycles. The summed E-state index contributed by atoms with van der Waals surface area (Å²) in [6, 6.07) is 3.93. The SMILES string of the molecule is NC(=NCc1cccnc1)N1CCSCC1. The lowest BCUT2D eigenvalue weighted by Crippen LogP contribution is -2.42. The molecule has 1 fully saturated rings. The number of nitrogens with two attached hydrogens (primary N) is 1. The van der Waals surface area contributed by atoms with Crippen LogP contribution in [0.3, 0.4) is 0 Å². The van der Waals surface area contributed by atoms with Gasteiger partial charge in [0.15, 0.2) is 5.96 Å². The molecule has 4 nitrogen and oxygen atoms in total. The van der Waals surface area contributed by atoms with Gasteiger partial charge in [-0.15, -0.1) is 0 Å². The van der Waals surface area contributed by atoms with E-state index in [0.29, 0.717) is 12.5 Å². The molecule has 0 unspecified atom stereocenters. The zero-order chi connectivity index (χ0) is 11.2. The lowest BCUT2D eigenvalue weighted by atomic mass is 10.3. The van der Waals surface area contributed by atoms with E-state index >= 15 is 0 Å². The smallest absolute Gasteiger partial charge is 0.191 e. The standard InChI is InChI=1S/C11H16N4S/c12-11(15-4-6-16-7-5-15)14-9-10-2-1-3-13-8-10/h1-3,8H,4-7,9H2,(H2,12,14). The molecule has 1 saturated heterocycles. The van der Waals surface area contributed by atoms with Crippen LogP contribution in [0.2, 0.25) is 0 Å². The van der Waals surface area contributed by atoms with Crippen molar-refractivity contribution in [3.8, 4) is 0 Å². The first kappa shape index (κ1) is 11.3. The van der Waals surface area contributed by atoms with Crippen LogP contribution >= 0.6 is 11.8 Å². The molecule has 16 heavy (non-hydrogen) atoms. The van der Waals surface area contributed by atoms with Gasteiger partial charge in [-0.2, -0.15) is 11.8 Å². The largest absolute Gasteiger partial charge is 0.370 e. The van der Waals surface area contributed by atoms with Crippen molar-refractivity contribution in [2.45, 2.75) is 6.54 Å². The van der Waals surface area contributed by atoms with Gasteiger partial charge in [0.05, 0.1) is 6.54 Å². The molecule has 2 N–H and O–H groups in total. The number of thioether (sulfide) groups is 1. The Morgan fingerprint density at radius 2 is 2.31 bits per heavy atom. The third-order valence-electron chi connectivity index (χ3n) is 2.48. The van der Waals surface area contributed by atoms with Gasteiger partial charge in [0.25, 0.3) is 0 Å². The van der Waals surface area contributed by atoms with E-state index in [9.17, 15) is 0 Å². The van der Waals surface area contributed by atoms with Crippen molar-refractivity contribution in [2.75, 3.05) is 24.6 Å². The second-order valence-electron chi connectivity index (χ2n) is 3.64. The Balaban J connectivity index is 1.91. The predicted molar refractivity (Wildman–Crippen MR) is 68.5 cm³/mol. The highest BCUT2D eigenvalue weighted by molar-refractivity contribution is 7.99. The molecule has 86 valence electrons. The summed E-state index contributed by atoms with van der Waals surface area (Å²) in [6.45, 7) is 2.63. The zero-order valence-electron chi connectivity index (χ0n) is 9.17.